The van der Waals surface area contributed by atoms with E-state index in [1.807, 2.05) is 6.07 Å². The summed E-state index contributed by atoms with van der Waals surface area (Å²) in [6.07, 6.45) is 8.23. The predicted octanol–water partition coefficient (Wildman–Crippen LogP) is 6.81. The van der Waals surface area contributed by atoms with E-state index in [-0.39, 0.29) is 22.6 Å². The lowest BCUT2D eigenvalue weighted by molar-refractivity contribution is -0.384. The minimum atomic E-state index is -0.294. The van der Waals surface area contributed by atoms with Gasteiger partial charge in [-0.3, -0.25) is 14.9 Å². The molecule has 3 aliphatic heterocycles. The molecule has 0 unspecified atom stereocenters. The van der Waals surface area contributed by atoms with Gasteiger partial charge in [-0.15, -0.1) is 0 Å². The van der Waals surface area contributed by atoms with E-state index in [0.717, 1.165) is 57.3 Å². The Kier molecular flexibility index (Phi) is 7.43. The number of hydrogen-bond donors (Lipinski definition) is 0. The zero-order valence-corrected chi connectivity index (χ0v) is 22.9. The van der Waals surface area contributed by atoms with Gasteiger partial charge in [0, 0.05) is 47.5 Å². The molecule has 2 atom stereocenters. The van der Waals surface area contributed by atoms with E-state index in [4.69, 9.17) is 11.6 Å². The molecule has 38 heavy (non-hydrogen) atoms. The first-order chi connectivity index (χ1) is 18.2. The Morgan fingerprint density at radius 2 is 1.66 bits per heavy atom. The van der Waals surface area contributed by atoms with Gasteiger partial charge in [-0.05, 0) is 89.6 Å². The third-order valence-electron chi connectivity index (χ3n) is 7.96. The van der Waals surface area contributed by atoms with Crippen molar-refractivity contribution in [3.8, 4) is 0 Å². The number of nitrogens with zero attached hydrogens (tertiary/aromatic N) is 5. The number of hydrazone groups is 1. The summed E-state index contributed by atoms with van der Waals surface area (Å²) in [5, 5.41) is 18.7. The third kappa shape index (κ3) is 5.01. The number of piperidine rings is 2. The topological polar surface area (TPSA) is 82.3 Å². The number of amides is 1. The SMILES string of the molecule is CC1=NN(c2cccc(Cl)c2)C(=O)/C1=C/c1cc([N+](=O)[O-])c(N2CCCC[C@H]2C)cc1N1CCCC[C@@H]1C. The minimum Gasteiger partial charge on any atom is -0.368 e. The Morgan fingerprint density at radius 1 is 1.00 bits per heavy atom. The van der Waals surface area contributed by atoms with Crippen LogP contribution < -0.4 is 14.8 Å². The fraction of sp³-hybridized carbons (Fsp3) is 0.448. The van der Waals surface area contributed by atoms with E-state index in [2.05, 4.69) is 28.7 Å². The van der Waals surface area contributed by atoms with Crippen LogP contribution in [0.4, 0.5) is 22.7 Å². The van der Waals surface area contributed by atoms with Crippen LogP contribution in [0.5, 0.6) is 0 Å². The predicted molar refractivity (Wildman–Crippen MR) is 154 cm³/mol. The number of carbonyl (C=O) groups excluding carboxylic acids is 1. The molecule has 0 bridgehead atoms. The summed E-state index contributed by atoms with van der Waals surface area (Å²) in [5.41, 5.74) is 3.91. The number of rotatable bonds is 5. The van der Waals surface area contributed by atoms with Crippen LogP contribution in [0.3, 0.4) is 0 Å². The van der Waals surface area contributed by atoms with Crippen molar-refractivity contribution in [3.63, 3.8) is 0 Å². The highest BCUT2D eigenvalue weighted by Gasteiger charge is 2.33. The van der Waals surface area contributed by atoms with Gasteiger partial charge in [0.25, 0.3) is 11.6 Å². The molecule has 1 amide bonds. The Balaban J connectivity index is 1.63. The van der Waals surface area contributed by atoms with E-state index < -0.39 is 0 Å². The average molecular weight is 536 g/mol. The monoisotopic (exact) mass is 535 g/mol. The lowest BCUT2D eigenvalue weighted by atomic mass is 9.97. The normalized spacial score (nSPS) is 23.3. The summed E-state index contributed by atoms with van der Waals surface area (Å²) >= 11 is 6.16. The molecule has 9 heteroatoms. The van der Waals surface area contributed by atoms with Crippen molar-refractivity contribution in [3.05, 3.63) is 62.7 Å². The molecule has 3 aliphatic rings. The average Bonchev–Trinajstić information content (AvgIpc) is 3.17. The molecule has 2 fully saturated rings. The van der Waals surface area contributed by atoms with Crippen LogP contribution in [-0.4, -0.2) is 41.7 Å². The molecular weight excluding hydrogens is 502 g/mol. The van der Waals surface area contributed by atoms with Crippen molar-refractivity contribution < 1.29 is 9.72 Å². The van der Waals surface area contributed by atoms with Gasteiger partial charge in [-0.25, -0.2) is 0 Å². The Morgan fingerprint density at radius 3 is 2.26 bits per heavy atom. The summed E-state index contributed by atoms with van der Waals surface area (Å²) < 4.78 is 0. The lowest BCUT2D eigenvalue weighted by Gasteiger charge is -2.39. The summed E-state index contributed by atoms with van der Waals surface area (Å²) in [5.74, 6) is -0.279. The summed E-state index contributed by atoms with van der Waals surface area (Å²) in [6, 6.07) is 11.2. The molecule has 5 rings (SSSR count). The van der Waals surface area contributed by atoms with Gasteiger partial charge >= 0.3 is 0 Å². The smallest absolute Gasteiger partial charge is 0.293 e. The molecule has 0 saturated carbocycles. The fourth-order valence-electron chi connectivity index (χ4n) is 5.86. The maximum Gasteiger partial charge on any atom is 0.293 e. The summed E-state index contributed by atoms with van der Waals surface area (Å²) in [7, 11) is 0. The standard InChI is InChI=1S/C29H34ClN5O3/c1-19-9-4-6-13-32(19)26-18-27(33-14-7-5-10-20(33)2)28(35(37)38)16-22(26)15-25-21(3)31-34(29(25)36)24-12-8-11-23(30)17-24/h8,11-12,15-20H,4-7,9-10,13-14H2,1-3H3/b25-15+/t19-,20+/m0/s1. The van der Waals surface area contributed by atoms with Crippen LogP contribution in [0.2, 0.25) is 5.02 Å². The molecule has 200 valence electrons. The molecule has 0 N–H and O–H groups in total. The van der Waals surface area contributed by atoms with Crippen LogP contribution in [-0.2, 0) is 4.79 Å². The number of hydrogen-bond acceptors (Lipinski definition) is 6. The van der Waals surface area contributed by atoms with Gasteiger partial charge in [0.1, 0.15) is 5.69 Å². The quantitative estimate of drug-likeness (QED) is 0.238. The van der Waals surface area contributed by atoms with Crippen LogP contribution >= 0.6 is 11.6 Å². The second-order valence-corrected chi connectivity index (χ2v) is 11.0. The van der Waals surface area contributed by atoms with Crippen LogP contribution in [0, 0.1) is 10.1 Å². The van der Waals surface area contributed by atoms with Gasteiger partial charge in [0.15, 0.2) is 0 Å². The van der Waals surface area contributed by atoms with Gasteiger partial charge in [-0.2, -0.15) is 10.1 Å². The van der Waals surface area contributed by atoms with E-state index in [1.54, 1.807) is 43.3 Å². The second kappa shape index (κ2) is 10.8. The van der Waals surface area contributed by atoms with Crippen molar-refractivity contribution in [2.45, 2.75) is 71.4 Å². The van der Waals surface area contributed by atoms with Crippen molar-refractivity contribution in [2.24, 2.45) is 5.10 Å². The second-order valence-electron chi connectivity index (χ2n) is 10.6. The number of benzene rings is 2. The highest BCUT2D eigenvalue weighted by molar-refractivity contribution is 6.33. The Bertz CT molecular complexity index is 1320. The van der Waals surface area contributed by atoms with Crippen molar-refractivity contribution in [1.29, 1.82) is 0 Å². The van der Waals surface area contributed by atoms with Crippen LogP contribution in [0.1, 0.15) is 64.9 Å². The zero-order valence-electron chi connectivity index (χ0n) is 22.2. The maximum absolute atomic E-state index is 13.5. The number of carbonyl (C=O) groups is 1. The van der Waals surface area contributed by atoms with E-state index in [9.17, 15) is 14.9 Å². The van der Waals surface area contributed by atoms with E-state index >= 15 is 0 Å². The Labute approximate surface area is 228 Å². The highest BCUT2D eigenvalue weighted by Crippen LogP contribution is 2.41. The first-order valence-electron chi connectivity index (χ1n) is 13.5. The molecular formula is C29H34ClN5O3. The first-order valence-corrected chi connectivity index (χ1v) is 13.9. The van der Waals surface area contributed by atoms with Crippen LogP contribution in [0.25, 0.3) is 6.08 Å². The summed E-state index contributed by atoms with van der Waals surface area (Å²) in [6.45, 7) is 7.81. The van der Waals surface area contributed by atoms with Gasteiger partial charge in [-0.1, -0.05) is 17.7 Å². The molecule has 2 aromatic rings. The zero-order chi connectivity index (χ0) is 27.0. The van der Waals surface area contributed by atoms with Crippen molar-refractivity contribution >= 4 is 52.0 Å². The van der Waals surface area contributed by atoms with Crippen LogP contribution in [0.15, 0.2) is 47.1 Å². The third-order valence-corrected chi connectivity index (χ3v) is 8.20. The van der Waals surface area contributed by atoms with Gasteiger partial charge in [0.2, 0.25) is 0 Å². The molecule has 0 spiro atoms. The van der Waals surface area contributed by atoms with E-state index in [1.165, 1.54) is 5.01 Å². The minimum absolute atomic E-state index is 0.0748. The Hall–Kier alpha value is -3.39. The molecule has 0 radical (unpaired) electrons. The molecule has 8 nitrogen and oxygen atoms in total. The summed E-state index contributed by atoms with van der Waals surface area (Å²) in [4.78, 5) is 30.1. The molecule has 3 heterocycles. The first kappa shape index (κ1) is 26.2. The number of nitro benzene ring substituents is 1. The van der Waals surface area contributed by atoms with Crippen molar-refractivity contribution in [2.75, 3.05) is 27.9 Å². The largest absolute Gasteiger partial charge is 0.368 e. The molecule has 0 aliphatic carbocycles. The maximum atomic E-state index is 13.5. The van der Waals surface area contributed by atoms with E-state index in [0.29, 0.717) is 39.3 Å². The number of nitro groups is 1. The van der Waals surface area contributed by atoms with Gasteiger partial charge in [0.05, 0.1) is 21.9 Å². The highest BCUT2D eigenvalue weighted by atomic mass is 35.5. The molecule has 0 aromatic heterocycles. The lowest BCUT2D eigenvalue weighted by Crippen LogP contribution is -2.39. The van der Waals surface area contributed by atoms with Gasteiger partial charge < -0.3 is 9.80 Å². The number of anilines is 3. The number of halogens is 1. The fourth-order valence-corrected chi connectivity index (χ4v) is 6.04. The van der Waals surface area contributed by atoms with Crippen molar-refractivity contribution in [1.82, 2.24) is 0 Å². The molecule has 2 aromatic carbocycles. The molecule has 2 saturated heterocycles.